The molecule has 0 aliphatic carbocycles. The molecule has 0 fully saturated rings. The van der Waals surface area contributed by atoms with Gasteiger partial charge in [0, 0.05) is 23.1 Å². The Labute approximate surface area is 268 Å². The molecule has 0 radical (unpaired) electrons. The third-order valence-corrected chi connectivity index (χ3v) is 9.18. The van der Waals surface area contributed by atoms with E-state index >= 15 is 0 Å². The monoisotopic (exact) mass is 653 g/mol. The maximum Gasteiger partial charge on any atom is 0.264 e. The second-order valence-electron chi connectivity index (χ2n) is 9.81. The first-order valence-electron chi connectivity index (χ1n) is 14.1. The van der Waals surface area contributed by atoms with Crippen LogP contribution in [0.3, 0.4) is 0 Å². The third-order valence-electron chi connectivity index (χ3n) is 6.81. The molecule has 0 aromatic heterocycles. The number of nitrogens with one attached hydrogen (secondary N) is 1. The van der Waals surface area contributed by atoms with Crippen molar-refractivity contribution in [2.24, 2.45) is 0 Å². The minimum atomic E-state index is -4.20. The highest BCUT2D eigenvalue weighted by Crippen LogP contribution is 2.29. The van der Waals surface area contributed by atoms with E-state index in [0.717, 1.165) is 4.31 Å². The molecule has 0 saturated heterocycles. The normalized spacial score (nSPS) is 11.8. The Balaban J connectivity index is 1.72. The number of hydrogen-bond acceptors (Lipinski definition) is 5. The number of rotatable bonds is 13. The number of ether oxygens (including phenoxy) is 1. The Kier molecular flexibility index (Phi) is 11.3. The van der Waals surface area contributed by atoms with E-state index < -0.39 is 28.5 Å². The predicted octanol–water partition coefficient (Wildman–Crippen LogP) is 6.92. The summed E-state index contributed by atoms with van der Waals surface area (Å²) in [6, 6.07) is 27.5. The molecule has 1 atom stereocenters. The minimum absolute atomic E-state index is 0.0143. The van der Waals surface area contributed by atoms with Crippen molar-refractivity contribution in [1.29, 1.82) is 0 Å². The highest BCUT2D eigenvalue weighted by atomic mass is 35.5. The summed E-state index contributed by atoms with van der Waals surface area (Å²) in [6.45, 7) is 3.33. The van der Waals surface area contributed by atoms with Crippen molar-refractivity contribution in [3.8, 4) is 11.5 Å². The summed E-state index contributed by atoms with van der Waals surface area (Å²) < 4.78 is 34.9. The van der Waals surface area contributed by atoms with Gasteiger partial charge >= 0.3 is 0 Å². The fourth-order valence-corrected chi connectivity index (χ4v) is 6.50. The van der Waals surface area contributed by atoms with Crippen molar-refractivity contribution < 1.29 is 22.7 Å². The molecular weight excluding hydrogens is 621 g/mol. The van der Waals surface area contributed by atoms with E-state index in [4.69, 9.17) is 27.9 Å². The standard InChI is InChI=1S/C33H33Cl2N3O5S/c1-3-31(33(40)36-4-2)37(22-24-15-16-25(34)21-30(24)35)32(39)23-38(44(41,42)29-13-9-6-10-14-29)26-17-19-28(20-18-26)43-27-11-7-5-8-12-27/h5-21,31H,3-4,22-23H2,1-2H3,(H,36,40). The smallest absolute Gasteiger partial charge is 0.264 e. The lowest BCUT2D eigenvalue weighted by Crippen LogP contribution is -2.52. The molecule has 1 unspecified atom stereocenters. The molecule has 11 heteroatoms. The number of hydrogen-bond donors (Lipinski definition) is 1. The number of sulfonamides is 1. The van der Waals surface area contributed by atoms with E-state index in [2.05, 4.69) is 5.32 Å². The fraction of sp³-hybridized carbons (Fsp3) is 0.212. The van der Waals surface area contributed by atoms with Crippen molar-refractivity contribution in [2.75, 3.05) is 17.4 Å². The van der Waals surface area contributed by atoms with Crippen LogP contribution in [0, 0.1) is 0 Å². The summed E-state index contributed by atoms with van der Waals surface area (Å²) in [7, 11) is -4.20. The highest BCUT2D eigenvalue weighted by molar-refractivity contribution is 7.92. The van der Waals surface area contributed by atoms with Crippen LogP contribution in [0.4, 0.5) is 5.69 Å². The van der Waals surface area contributed by atoms with Crippen LogP contribution in [-0.2, 0) is 26.2 Å². The van der Waals surface area contributed by atoms with Crippen LogP contribution < -0.4 is 14.4 Å². The van der Waals surface area contributed by atoms with E-state index in [0.29, 0.717) is 40.1 Å². The second-order valence-corrected chi connectivity index (χ2v) is 12.5. The predicted molar refractivity (Wildman–Crippen MR) is 174 cm³/mol. The van der Waals surface area contributed by atoms with E-state index in [1.807, 2.05) is 18.2 Å². The van der Waals surface area contributed by atoms with Crippen molar-refractivity contribution in [2.45, 2.75) is 37.8 Å². The van der Waals surface area contributed by atoms with Crippen LogP contribution in [0.1, 0.15) is 25.8 Å². The largest absolute Gasteiger partial charge is 0.457 e. The third kappa shape index (κ3) is 8.11. The molecule has 2 amide bonds. The minimum Gasteiger partial charge on any atom is -0.457 e. The van der Waals surface area contributed by atoms with Crippen LogP contribution in [0.2, 0.25) is 10.0 Å². The number of halogens is 2. The van der Waals surface area contributed by atoms with Crippen molar-refractivity contribution in [1.82, 2.24) is 10.2 Å². The van der Waals surface area contributed by atoms with Gasteiger partial charge in [-0.05, 0) is 79.6 Å². The van der Waals surface area contributed by atoms with Gasteiger partial charge in [0.25, 0.3) is 10.0 Å². The Bertz CT molecular complexity index is 1670. The fourth-order valence-electron chi connectivity index (χ4n) is 4.60. The molecular formula is C33H33Cl2N3O5S. The molecule has 8 nitrogen and oxygen atoms in total. The molecule has 0 heterocycles. The van der Waals surface area contributed by atoms with Crippen LogP contribution in [0.5, 0.6) is 11.5 Å². The zero-order valence-corrected chi connectivity index (χ0v) is 26.6. The van der Waals surface area contributed by atoms with Gasteiger partial charge in [-0.3, -0.25) is 13.9 Å². The van der Waals surface area contributed by atoms with Crippen LogP contribution >= 0.6 is 23.2 Å². The topological polar surface area (TPSA) is 96.0 Å². The van der Waals surface area contributed by atoms with Crippen LogP contribution in [0.15, 0.2) is 108 Å². The molecule has 0 aliphatic heterocycles. The molecule has 4 aromatic carbocycles. The lowest BCUT2D eigenvalue weighted by molar-refractivity contribution is -0.140. The zero-order chi connectivity index (χ0) is 31.7. The van der Waals surface area contributed by atoms with E-state index in [-0.39, 0.29) is 23.0 Å². The molecule has 0 aliphatic rings. The van der Waals surface area contributed by atoms with Gasteiger partial charge in [-0.25, -0.2) is 8.42 Å². The average Bonchev–Trinajstić information content (AvgIpc) is 3.02. The van der Waals surface area contributed by atoms with E-state index in [1.165, 1.54) is 17.0 Å². The first-order valence-corrected chi connectivity index (χ1v) is 16.3. The molecule has 0 spiro atoms. The SMILES string of the molecule is CCNC(=O)C(CC)N(Cc1ccc(Cl)cc1Cl)C(=O)CN(c1ccc(Oc2ccccc2)cc1)S(=O)(=O)c1ccccc1. The first-order chi connectivity index (χ1) is 21.1. The van der Waals surface area contributed by atoms with Gasteiger partial charge in [-0.15, -0.1) is 0 Å². The summed E-state index contributed by atoms with van der Waals surface area (Å²) in [5.74, 6) is 0.174. The number of para-hydroxylation sites is 1. The van der Waals surface area contributed by atoms with Gasteiger partial charge in [0.05, 0.1) is 10.6 Å². The summed E-state index contributed by atoms with van der Waals surface area (Å²) >= 11 is 12.5. The van der Waals surface area contributed by atoms with E-state index in [9.17, 15) is 18.0 Å². The first kappa shape index (κ1) is 32.9. The number of nitrogens with zero attached hydrogens (tertiary/aromatic N) is 2. The lowest BCUT2D eigenvalue weighted by Gasteiger charge is -2.33. The maximum absolute atomic E-state index is 14.2. The highest BCUT2D eigenvalue weighted by Gasteiger charge is 2.33. The molecule has 4 aromatic rings. The van der Waals surface area contributed by atoms with Crippen LogP contribution in [0.25, 0.3) is 0 Å². The summed E-state index contributed by atoms with van der Waals surface area (Å²) in [4.78, 5) is 28.6. The lowest BCUT2D eigenvalue weighted by atomic mass is 10.1. The maximum atomic E-state index is 14.2. The van der Waals surface area contributed by atoms with Crippen LogP contribution in [-0.4, -0.2) is 44.3 Å². The summed E-state index contributed by atoms with van der Waals surface area (Å²) in [6.07, 6.45) is 0.291. The Morgan fingerprint density at radius 1 is 0.841 bits per heavy atom. The number of likely N-dealkylation sites (N-methyl/N-ethyl adjacent to an activating group) is 1. The molecule has 44 heavy (non-hydrogen) atoms. The van der Waals surface area contributed by atoms with Gasteiger partial charge in [-0.2, -0.15) is 0 Å². The van der Waals surface area contributed by atoms with E-state index in [1.54, 1.807) is 86.6 Å². The number of benzene rings is 4. The Morgan fingerprint density at radius 2 is 1.45 bits per heavy atom. The Morgan fingerprint density at radius 3 is 2.05 bits per heavy atom. The molecule has 4 rings (SSSR count). The van der Waals surface area contributed by atoms with Crippen molar-refractivity contribution in [3.05, 3.63) is 119 Å². The number of carbonyl (C=O) groups is 2. The molecule has 230 valence electrons. The quantitative estimate of drug-likeness (QED) is 0.169. The molecule has 0 bridgehead atoms. The second kappa shape index (κ2) is 15.1. The molecule has 1 N–H and O–H groups in total. The van der Waals surface area contributed by atoms with Gasteiger partial charge in [0.1, 0.15) is 24.1 Å². The van der Waals surface area contributed by atoms with Gasteiger partial charge in [0.2, 0.25) is 11.8 Å². The van der Waals surface area contributed by atoms with Crippen molar-refractivity contribution >= 4 is 50.7 Å². The zero-order valence-electron chi connectivity index (χ0n) is 24.3. The van der Waals surface area contributed by atoms with Crippen molar-refractivity contribution in [3.63, 3.8) is 0 Å². The van der Waals surface area contributed by atoms with Gasteiger partial charge < -0.3 is 15.0 Å². The number of anilines is 1. The van der Waals surface area contributed by atoms with Gasteiger partial charge in [-0.1, -0.05) is 72.6 Å². The summed E-state index contributed by atoms with van der Waals surface area (Å²) in [5, 5.41) is 3.52. The molecule has 0 saturated carbocycles. The Hall–Kier alpha value is -4.05. The number of carbonyl (C=O) groups excluding carboxylic acids is 2. The summed E-state index contributed by atoms with van der Waals surface area (Å²) in [5.41, 5.74) is 0.810. The average molecular weight is 655 g/mol. The van der Waals surface area contributed by atoms with Gasteiger partial charge in [0.15, 0.2) is 0 Å². The number of amides is 2.